The van der Waals surface area contributed by atoms with Crippen LogP contribution in [0.1, 0.15) is 23.6 Å². The lowest BCUT2D eigenvalue weighted by Crippen LogP contribution is -3.13. The van der Waals surface area contributed by atoms with Gasteiger partial charge in [0.25, 0.3) is 5.56 Å². The van der Waals surface area contributed by atoms with Gasteiger partial charge in [-0.3, -0.25) is 9.78 Å². The molecule has 2 aliphatic rings. The van der Waals surface area contributed by atoms with E-state index in [1.807, 2.05) is 35.0 Å². The van der Waals surface area contributed by atoms with Gasteiger partial charge in [-0.1, -0.05) is 18.2 Å². The van der Waals surface area contributed by atoms with Crippen molar-refractivity contribution in [3.05, 3.63) is 88.4 Å². The number of aromatic nitrogens is 2. The molecule has 4 heterocycles. The van der Waals surface area contributed by atoms with Gasteiger partial charge in [0.1, 0.15) is 12.4 Å². The van der Waals surface area contributed by atoms with Crippen LogP contribution in [0.4, 0.5) is 4.39 Å². The van der Waals surface area contributed by atoms with Gasteiger partial charge in [-0.25, -0.2) is 4.39 Å². The van der Waals surface area contributed by atoms with Crippen LogP contribution in [0.15, 0.2) is 65.7 Å². The summed E-state index contributed by atoms with van der Waals surface area (Å²) < 4.78 is 15.2. The van der Waals surface area contributed by atoms with E-state index in [1.165, 1.54) is 17.0 Å². The first kappa shape index (κ1) is 17.3. The van der Waals surface area contributed by atoms with E-state index < -0.39 is 0 Å². The monoisotopic (exact) mass is 376 g/mol. The Balaban J connectivity index is 1.49. The van der Waals surface area contributed by atoms with Crippen molar-refractivity contribution >= 4 is 0 Å². The van der Waals surface area contributed by atoms with Crippen LogP contribution in [0.3, 0.4) is 0 Å². The molecule has 0 radical (unpaired) electrons. The maximum absolute atomic E-state index is 13.2. The summed E-state index contributed by atoms with van der Waals surface area (Å²) in [5.41, 5.74) is 4.61. The van der Waals surface area contributed by atoms with E-state index in [4.69, 9.17) is 0 Å². The fraction of sp³-hybridized carbons (Fsp3) is 0.304. The number of hydrogen-bond donors (Lipinski definition) is 1. The molecule has 5 rings (SSSR count). The van der Waals surface area contributed by atoms with E-state index in [0.717, 1.165) is 55.0 Å². The number of benzene rings is 1. The second-order valence-electron chi connectivity index (χ2n) is 8.08. The minimum Gasteiger partial charge on any atom is -0.330 e. The molecule has 3 aromatic rings. The number of pyridine rings is 2. The molecule has 0 aliphatic carbocycles. The zero-order chi connectivity index (χ0) is 19.1. The Labute approximate surface area is 163 Å². The highest BCUT2D eigenvalue weighted by Crippen LogP contribution is 2.36. The molecular weight excluding hydrogens is 353 g/mol. The average Bonchev–Trinajstić information content (AvgIpc) is 2.71. The fourth-order valence-electron chi connectivity index (χ4n) is 5.04. The first-order chi connectivity index (χ1) is 13.7. The molecule has 2 aliphatic heterocycles. The molecule has 1 fully saturated rings. The number of likely N-dealkylation sites (tertiary alicyclic amines) is 1. The normalized spacial score (nSPS) is 23.2. The van der Waals surface area contributed by atoms with Crippen molar-refractivity contribution in [1.82, 2.24) is 9.55 Å². The summed E-state index contributed by atoms with van der Waals surface area (Å²) in [5.74, 6) is 0.666. The standard InChI is InChI=1S/C23H22FN3O/c24-20-5-3-16(4-6-20)12-26-13-17-10-19(15-26)23-21(18-2-1-9-25-11-18)7-8-22(28)27(23)14-17/h1-9,11,17,19H,10,12-15H2/p+1/t17-,19+/m0/s1. The van der Waals surface area contributed by atoms with Gasteiger partial charge in [0.05, 0.1) is 13.1 Å². The van der Waals surface area contributed by atoms with Crippen molar-refractivity contribution in [3.8, 4) is 11.1 Å². The van der Waals surface area contributed by atoms with E-state index in [9.17, 15) is 9.18 Å². The molecule has 1 aromatic carbocycles. The number of hydrogen-bond acceptors (Lipinski definition) is 2. The molecule has 3 atom stereocenters. The number of nitrogens with one attached hydrogen (secondary N) is 1. The van der Waals surface area contributed by atoms with Gasteiger partial charge in [0.2, 0.25) is 0 Å². The molecule has 5 heteroatoms. The maximum Gasteiger partial charge on any atom is 0.250 e. The van der Waals surface area contributed by atoms with Gasteiger partial charge in [-0.15, -0.1) is 0 Å². The largest absolute Gasteiger partial charge is 0.330 e. The fourth-order valence-corrected chi connectivity index (χ4v) is 5.04. The van der Waals surface area contributed by atoms with Crippen molar-refractivity contribution in [2.75, 3.05) is 13.1 Å². The Hall–Kier alpha value is -2.79. The predicted octanol–water partition coefficient (Wildman–Crippen LogP) is 2.25. The van der Waals surface area contributed by atoms with Crippen molar-refractivity contribution in [2.24, 2.45) is 5.92 Å². The van der Waals surface area contributed by atoms with Crippen molar-refractivity contribution < 1.29 is 9.29 Å². The first-order valence-corrected chi connectivity index (χ1v) is 9.89. The number of nitrogens with zero attached hydrogens (tertiary/aromatic N) is 2. The Morgan fingerprint density at radius 2 is 1.96 bits per heavy atom. The Kier molecular flexibility index (Phi) is 4.32. The van der Waals surface area contributed by atoms with Crippen molar-refractivity contribution in [2.45, 2.75) is 25.4 Å². The molecule has 0 saturated carbocycles. The molecule has 28 heavy (non-hydrogen) atoms. The van der Waals surface area contributed by atoms with Gasteiger partial charge < -0.3 is 9.47 Å². The first-order valence-electron chi connectivity index (χ1n) is 9.89. The highest BCUT2D eigenvalue weighted by molar-refractivity contribution is 5.66. The molecule has 1 saturated heterocycles. The molecule has 4 nitrogen and oxygen atoms in total. The van der Waals surface area contributed by atoms with Gasteiger partial charge in [-0.05, 0) is 30.7 Å². The molecule has 0 amide bonds. The Bertz CT molecular complexity index is 1050. The van der Waals surface area contributed by atoms with E-state index in [-0.39, 0.29) is 11.4 Å². The zero-order valence-corrected chi connectivity index (χ0v) is 15.6. The van der Waals surface area contributed by atoms with E-state index >= 15 is 0 Å². The smallest absolute Gasteiger partial charge is 0.250 e. The third-order valence-corrected chi connectivity index (χ3v) is 6.12. The summed E-state index contributed by atoms with van der Waals surface area (Å²) in [4.78, 5) is 18.4. The van der Waals surface area contributed by atoms with Crippen molar-refractivity contribution in [1.29, 1.82) is 0 Å². The van der Waals surface area contributed by atoms with Crippen LogP contribution in [0.25, 0.3) is 11.1 Å². The summed E-state index contributed by atoms with van der Waals surface area (Å²) in [7, 11) is 0. The number of piperidine rings is 1. The van der Waals surface area contributed by atoms with Gasteiger partial charge in [-0.2, -0.15) is 0 Å². The van der Waals surface area contributed by atoms with Crippen LogP contribution in [0.5, 0.6) is 0 Å². The summed E-state index contributed by atoms with van der Waals surface area (Å²) in [6.45, 7) is 3.72. The van der Waals surface area contributed by atoms with Crippen LogP contribution in [-0.4, -0.2) is 22.6 Å². The lowest BCUT2D eigenvalue weighted by molar-refractivity contribution is -0.924. The molecule has 142 valence electrons. The Morgan fingerprint density at radius 3 is 2.75 bits per heavy atom. The van der Waals surface area contributed by atoms with E-state index in [2.05, 4.69) is 11.1 Å². The van der Waals surface area contributed by atoms with Gasteiger partial charge >= 0.3 is 0 Å². The van der Waals surface area contributed by atoms with Crippen LogP contribution in [0, 0.1) is 11.7 Å². The lowest BCUT2D eigenvalue weighted by atomic mass is 9.80. The third kappa shape index (κ3) is 3.16. The highest BCUT2D eigenvalue weighted by atomic mass is 19.1. The molecule has 2 bridgehead atoms. The average molecular weight is 376 g/mol. The van der Waals surface area contributed by atoms with E-state index in [1.54, 1.807) is 12.3 Å². The summed E-state index contributed by atoms with van der Waals surface area (Å²) in [6, 6.07) is 14.5. The van der Waals surface area contributed by atoms with Gasteiger partial charge in [0.15, 0.2) is 0 Å². The number of halogens is 1. The van der Waals surface area contributed by atoms with Crippen LogP contribution >= 0.6 is 0 Å². The molecule has 0 spiro atoms. The minimum absolute atomic E-state index is 0.0966. The Morgan fingerprint density at radius 1 is 1.11 bits per heavy atom. The number of rotatable bonds is 3. The number of quaternary nitrogens is 1. The van der Waals surface area contributed by atoms with E-state index in [0.29, 0.717) is 11.8 Å². The molecular formula is C23H23FN3O+. The van der Waals surface area contributed by atoms with Crippen LogP contribution in [-0.2, 0) is 13.1 Å². The minimum atomic E-state index is -0.191. The number of fused-ring (bicyclic) bond motifs is 4. The SMILES string of the molecule is O=c1ccc(-c2cccnc2)c2n1C[C@H]1C[C@@H]2C[NH+](Cc2ccc(F)cc2)C1. The summed E-state index contributed by atoms with van der Waals surface area (Å²) >= 11 is 0. The second-order valence-corrected chi connectivity index (χ2v) is 8.08. The zero-order valence-electron chi connectivity index (χ0n) is 15.6. The molecule has 1 N–H and O–H groups in total. The lowest BCUT2D eigenvalue weighted by Gasteiger charge is -2.41. The van der Waals surface area contributed by atoms with Crippen LogP contribution in [0.2, 0.25) is 0 Å². The molecule has 1 unspecified atom stereocenters. The quantitative estimate of drug-likeness (QED) is 0.762. The predicted molar refractivity (Wildman–Crippen MR) is 106 cm³/mol. The highest BCUT2D eigenvalue weighted by Gasteiger charge is 2.38. The molecule has 2 aromatic heterocycles. The van der Waals surface area contributed by atoms with Crippen LogP contribution < -0.4 is 10.5 Å². The topological polar surface area (TPSA) is 39.3 Å². The van der Waals surface area contributed by atoms with Gasteiger partial charge in [0, 0.05) is 59.2 Å². The second kappa shape index (κ2) is 6.99. The summed E-state index contributed by atoms with van der Waals surface area (Å²) in [6.07, 6.45) is 4.78. The third-order valence-electron chi connectivity index (χ3n) is 6.12. The maximum atomic E-state index is 13.2. The summed E-state index contributed by atoms with van der Waals surface area (Å²) in [5, 5.41) is 0. The van der Waals surface area contributed by atoms with Crippen molar-refractivity contribution in [3.63, 3.8) is 0 Å².